The molecule has 1 aromatic carbocycles. The summed E-state index contributed by atoms with van der Waals surface area (Å²) in [7, 11) is 1.89. The zero-order valence-electron chi connectivity index (χ0n) is 11.7. The summed E-state index contributed by atoms with van der Waals surface area (Å²) < 4.78 is 0. The third kappa shape index (κ3) is 2.67. The van der Waals surface area contributed by atoms with E-state index in [1.165, 1.54) is 0 Å². The van der Waals surface area contributed by atoms with E-state index in [0.29, 0.717) is 5.92 Å². The van der Waals surface area contributed by atoms with E-state index in [9.17, 15) is 4.79 Å². The van der Waals surface area contributed by atoms with Crippen molar-refractivity contribution in [3.8, 4) is 0 Å². The molecule has 0 bridgehead atoms. The van der Waals surface area contributed by atoms with Crippen LogP contribution in [-0.4, -0.2) is 47.5 Å². The van der Waals surface area contributed by atoms with E-state index in [2.05, 4.69) is 15.3 Å². The maximum Gasteiger partial charge on any atom is 0.253 e. The number of hydrogen-bond acceptors (Lipinski definition) is 3. The number of imidazole rings is 1. The summed E-state index contributed by atoms with van der Waals surface area (Å²) in [6, 6.07) is 5.62. The van der Waals surface area contributed by atoms with E-state index in [4.69, 9.17) is 0 Å². The van der Waals surface area contributed by atoms with E-state index in [0.717, 1.165) is 49.1 Å². The number of nitrogens with zero attached hydrogens (tertiary/aromatic N) is 2. The fourth-order valence-corrected chi connectivity index (χ4v) is 2.82. The summed E-state index contributed by atoms with van der Waals surface area (Å²) in [6.45, 7) is 2.96. The minimum Gasteiger partial charge on any atom is -0.345 e. The van der Waals surface area contributed by atoms with Gasteiger partial charge < -0.3 is 15.2 Å². The molecule has 2 aromatic rings. The van der Waals surface area contributed by atoms with Crippen LogP contribution in [0.15, 0.2) is 24.5 Å². The predicted molar refractivity (Wildman–Crippen MR) is 78.6 cm³/mol. The van der Waals surface area contributed by atoms with Gasteiger partial charge in [-0.2, -0.15) is 0 Å². The van der Waals surface area contributed by atoms with Crippen molar-refractivity contribution >= 4 is 16.9 Å². The maximum atomic E-state index is 12.5. The first-order valence-corrected chi connectivity index (χ1v) is 7.13. The van der Waals surface area contributed by atoms with Crippen molar-refractivity contribution in [3.05, 3.63) is 30.1 Å². The molecule has 106 valence electrons. The van der Waals surface area contributed by atoms with E-state index in [-0.39, 0.29) is 5.91 Å². The second kappa shape index (κ2) is 5.63. The molecule has 0 atom stereocenters. The molecule has 0 aliphatic carbocycles. The van der Waals surface area contributed by atoms with Crippen LogP contribution in [-0.2, 0) is 0 Å². The number of fused-ring (bicyclic) bond motifs is 1. The standard InChI is InChI=1S/C15H20N4O/c1-19(9-11-4-6-16-7-5-11)15(20)12-2-3-13-14(8-12)18-10-17-13/h2-3,8,10-11,16H,4-7,9H2,1H3,(H,17,18). The van der Waals surface area contributed by atoms with Crippen LogP contribution in [0.2, 0.25) is 0 Å². The van der Waals surface area contributed by atoms with E-state index in [1.54, 1.807) is 6.33 Å². The second-order valence-corrected chi connectivity index (χ2v) is 5.51. The van der Waals surface area contributed by atoms with E-state index < -0.39 is 0 Å². The van der Waals surface area contributed by atoms with Gasteiger partial charge in [0.25, 0.3) is 5.91 Å². The minimum atomic E-state index is 0.0834. The topological polar surface area (TPSA) is 61.0 Å². The van der Waals surface area contributed by atoms with Crippen LogP contribution in [0.5, 0.6) is 0 Å². The molecule has 1 amide bonds. The lowest BCUT2D eigenvalue weighted by Gasteiger charge is -2.27. The average Bonchev–Trinajstić information content (AvgIpc) is 2.94. The largest absolute Gasteiger partial charge is 0.345 e. The third-order valence-electron chi connectivity index (χ3n) is 4.00. The summed E-state index contributed by atoms with van der Waals surface area (Å²) in [6.07, 6.45) is 3.95. The monoisotopic (exact) mass is 272 g/mol. The predicted octanol–water partition coefficient (Wildman–Crippen LogP) is 1.63. The first-order chi connectivity index (χ1) is 9.74. The van der Waals surface area contributed by atoms with Crippen LogP contribution >= 0.6 is 0 Å². The van der Waals surface area contributed by atoms with Gasteiger partial charge in [-0.15, -0.1) is 0 Å². The fraction of sp³-hybridized carbons (Fsp3) is 0.467. The van der Waals surface area contributed by atoms with Gasteiger partial charge in [-0.25, -0.2) is 4.98 Å². The molecule has 3 rings (SSSR count). The zero-order valence-corrected chi connectivity index (χ0v) is 11.7. The van der Waals surface area contributed by atoms with Gasteiger partial charge in [-0.1, -0.05) is 0 Å². The van der Waals surface area contributed by atoms with E-state index >= 15 is 0 Å². The number of carbonyl (C=O) groups is 1. The quantitative estimate of drug-likeness (QED) is 0.893. The molecular weight excluding hydrogens is 252 g/mol. The Hall–Kier alpha value is -1.88. The summed E-state index contributed by atoms with van der Waals surface area (Å²) in [5, 5.41) is 3.35. The molecule has 20 heavy (non-hydrogen) atoms. The van der Waals surface area contributed by atoms with Crippen molar-refractivity contribution in [2.24, 2.45) is 5.92 Å². The minimum absolute atomic E-state index is 0.0834. The van der Waals surface area contributed by atoms with Crippen molar-refractivity contribution in [2.45, 2.75) is 12.8 Å². The molecule has 5 nitrogen and oxygen atoms in total. The SMILES string of the molecule is CN(CC1CCNCC1)C(=O)c1ccc2nc[nH]c2c1. The van der Waals surface area contributed by atoms with Crippen molar-refractivity contribution < 1.29 is 4.79 Å². The Balaban J connectivity index is 1.70. The van der Waals surface area contributed by atoms with Gasteiger partial charge in [0.05, 0.1) is 17.4 Å². The average molecular weight is 272 g/mol. The number of nitrogens with one attached hydrogen (secondary N) is 2. The van der Waals surface area contributed by atoms with Crippen molar-refractivity contribution in [3.63, 3.8) is 0 Å². The molecule has 1 saturated heterocycles. The highest BCUT2D eigenvalue weighted by Crippen LogP contribution is 2.16. The molecule has 5 heteroatoms. The van der Waals surface area contributed by atoms with Gasteiger partial charge in [0.15, 0.2) is 0 Å². The molecule has 2 heterocycles. The molecular formula is C15H20N4O. The second-order valence-electron chi connectivity index (χ2n) is 5.51. The van der Waals surface area contributed by atoms with Crippen LogP contribution in [0.3, 0.4) is 0 Å². The molecule has 1 aliphatic rings. The van der Waals surface area contributed by atoms with E-state index in [1.807, 2.05) is 30.1 Å². The summed E-state index contributed by atoms with van der Waals surface area (Å²) >= 11 is 0. The fourth-order valence-electron chi connectivity index (χ4n) is 2.82. The number of benzene rings is 1. The molecule has 1 aliphatic heterocycles. The number of hydrogen-bond donors (Lipinski definition) is 2. The van der Waals surface area contributed by atoms with Crippen LogP contribution in [0.4, 0.5) is 0 Å². The Labute approximate surface area is 118 Å². The molecule has 1 aromatic heterocycles. The summed E-state index contributed by atoms with van der Waals surface area (Å²) in [5.41, 5.74) is 2.52. The maximum absolute atomic E-state index is 12.5. The Bertz CT molecular complexity index is 601. The molecule has 1 fully saturated rings. The number of aromatic amines is 1. The Morgan fingerprint density at radius 2 is 2.20 bits per heavy atom. The number of piperidine rings is 1. The molecule has 2 N–H and O–H groups in total. The van der Waals surface area contributed by atoms with Gasteiger partial charge in [-0.05, 0) is 50.0 Å². The first-order valence-electron chi connectivity index (χ1n) is 7.13. The number of aromatic nitrogens is 2. The summed E-state index contributed by atoms with van der Waals surface area (Å²) in [5.74, 6) is 0.695. The normalized spacial score (nSPS) is 16.4. The Morgan fingerprint density at radius 1 is 1.40 bits per heavy atom. The lowest BCUT2D eigenvalue weighted by atomic mass is 9.97. The molecule has 0 radical (unpaired) electrons. The van der Waals surface area contributed by atoms with Crippen molar-refractivity contribution in [2.75, 3.05) is 26.7 Å². The number of rotatable bonds is 3. The number of amides is 1. The zero-order chi connectivity index (χ0) is 13.9. The number of H-pyrrole nitrogens is 1. The van der Waals surface area contributed by atoms with Gasteiger partial charge in [0.2, 0.25) is 0 Å². The highest BCUT2D eigenvalue weighted by molar-refractivity contribution is 5.97. The van der Waals surface area contributed by atoms with Crippen LogP contribution in [0, 0.1) is 5.92 Å². The highest BCUT2D eigenvalue weighted by Gasteiger charge is 2.19. The van der Waals surface area contributed by atoms with Gasteiger partial charge in [-0.3, -0.25) is 4.79 Å². The molecule has 0 spiro atoms. The van der Waals surface area contributed by atoms with Crippen molar-refractivity contribution in [1.82, 2.24) is 20.2 Å². The first kappa shape index (κ1) is 13.1. The Morgan fingerprint density at radius 3 is 3.00 bits per heavy atom. The molecule has 0 unspecified atom stereocenters. The van der Waals surface area contributed by atoms with Gasteiger partial charge >= 0.3 is 0 Å². The van der Waals surface area contributed by atoms with Crippen LogP contribution < -0.4 is 5.32 Å². The van der Waals surface area contributed by atoms with Crippen molar-refractivity contribution in [1.29, 1.82) is 0 Å². The lowest BCUT2D eigenvalue weighted by Crippen LogP contribution is -2.37. The smallest absolute Gasteiger partial charge is 0.253 e. The molecule has 0 saturated carbocycles. The highest BCUT2D eigenvalue weighted by atomic mass is 16.2. The number of carbonyl (C=O) groups excluding carboxylic acids is 1. The lowest BCUT2D eigenvalue weighted by molar-refractivity contribution is 0.0763. The Kier molecular flexibility index (Phi) is 3.69. The summed E-state index contributed by atoms with van der Waals surface area (Å²) in [4.78, 5) is 21.5. The van der Waals surface area contributed by atoms with Gasteiger partial charge in [0.1, 0.15) is 0 Å². The van der Waals surface area contributed by atoms with Crippen LogP contribution in [0.25, 0.3) is 11.0 Å². The third-order valence-corrected chi connectivity index (χ3v) is 4.00. The van der Waals surface area contributed by atoms with Crippen LogP contribution in [0.1, 0.15) is 23.2 Å². The van der Waals surface area contributed by atoms with Gasteiger partial charge in [0, 0.05) is 19.2 Å².